The normalized spacial score (nSPS) is 16.3. The van der Waals surface area contributed by atoms with Gasteiger partial charge in [-0.25, -0.2) is 9.97 Å². The Morgan fingerprint density at radius 1 is 1.30 bits per heavy atom. The highest BCUT2D eigenvalue weighted by Gasteiger charge is 2.26. The molecule has 3 aromatic rings. The van der Waals surface area contributed by atoms with Crippen molar-refractivity contribution in [1.29, 1.82) is 0 Å². The van der Waals surface area contributed by atoms with Crippen molar-refractivity contribution in [3.05, 3.63) is 54.0 Å². The third-order valence-electron chi connectivity index (χ3n) is 6.05. The maximum absolute atomic E-state index is 12.8. The highest BCUT2D eigenvalue weighted by Crippen LogP contribution is 2.23. The molecule has 0 bridgehead atoms. The molecule has 1 saturated heterocycles. The van der Waals surface area contributed by atoms with Crippen LogP contribution in [0.4, 0.5) is 11.6 Å². The Labute approximate surface area is 195 Å². The molecule has 1 fully saturated rings. The topological polar surface area (TPSA) is 85.2 Å². The van der Waals surface area contributed by atoms with Crippen molar-refractivity contribution >= 4 is 17.5 Å². The molecule has 1 N–H and O–H groups in total. The van der Waals surface area contributed by atoms with Crippen LogP contribution in [0.5, 0.6) is 0 Å². The summed E-state index contributed by atoms with van der Waals surface area (Å²) in [7, 11) is 1.86. The van der Waals surface area contributed by atoms with Crippen LogP contribution in [-0.4, -0.2) is 56.4 Å². The summed E-state index contributed by atoms with van der Waals surface area (Å²) in [6, 6.07) is 8.19. The van der Waals surface area contributed by atoms with E-state index in [1.165, 1.54) is 5.56 Å². The second-order valence-electron chi connectivity index (χ2n) is 8.93. The summed E-state index contributed by atoms with van der Waals surface area (Å²) in [6.07, 6.45) is 6.72. The summed E-state index contributed by atoms with van der Waals surface area (Å²) in [5.74, 6) is 1.14. The number of hydrogen-bond acceptors (Lipinski definition) is 6. The number of rotatable bonds is 7. The number of hydrogen-bond donors (Lipinski definition) is 1. The summed E-state index contributed by atoms with van der Waals surface area (Å²) in [5.41, 5.74) is 5.04. The molecule has 0 saturated carbocycles. The number of aromatic nitrogens is 4. The smallest absolute Gasteiger partial charge is 0.227 e. The van der Waals surface area contributed by atoms with Gasteiger partial charge >= 0.3 is 0 Å². The lowest BCUT2D eigenvalue weighted by atomic mass is 9.99. The summed E-state index contributed by atoms with van der Waals surface area (Å²) in [6.45, 7) is 8.36. The van der Waals surface area contributed by atoms with Crippen molar-refractivity contribution < 1.29 is 9.53 Å². The molecule has 1 aliphatic rings. The van der Waals surface area contributed by atoms with E-state index >= 15 is 0 Å². The molecule has 2 aromatic heterocycles. The van der Waals surface area contributed by atoms with Crippen LogP contribution in [0, 0.1) is 12.8 Å². The largest absolute Gasteiger partial charge is 0.374 e. The molecule has 1 aromatic carbocycles. The van der Waals surface area contributed by atoms with E-state index in [1.807, 2.05) is 24.2 Å². The molecule has 0 spiro atoms. The lowest BCUT2D eigenvalue weighted by Gasteiger charge is -2.35. The van der Waals surface area contributed by atoms with Gasteiger partial charge in [-0.15, -0.1) is 0 Å². The lowest BCUT2D eigenvalue weighted by Crippen LogP contribution is -2.47. The second kappa shape index (κ2) is 10.1. The third-order valence-corrected chi connectivity index (χ3v) is 6.05. The average Bonchev–Trinajstić information content (AvgIpc) is 3.22. The van der Waals surface area contributed by atoms with Gasteiger partial charge in [-0.3, -0.25) is 9.48 Å². The van der Waals surface area contributed by atoms with Gasteiger partial charge in [0.15, 0.2) is 0 Å². The summed E-state index contributed by atoms with van der Waals surface area (Å²) < 4.78 is 7.51. The van der Waals surface area contributed by atoms with E-state index in [4.69, 9.17) is 4.74 Å². The van der Waals surface area contributed by atoms with Gasteiger partial charge in [0.1, 0.15) is 0 Å². The number of nitrogens with one attached hydrogen (secondary N) is 1. The number of amides is 1. The molecule has 8 nitrogen and oxygen atoms in total. The zero-order valence-corrected chi connectivity index (χ0v) is 19.8. The van der Waals surface area contributed by atoms with E-state index in [9.17, 15) is 4.79 Å². The molecule has 1 aliphatic heterocycles. The number of benzene rings is 1. The molecular formula is C25H32N6O2. The van der Waals surface area contributed by atoms with Crippen LogP contribution < -0.4 is 5.32 Å². The average molecular weight is 449 g/mol. The minimum absolute atomic E-state index is 0.133. The van der Waals surface area contributed by atoms with Crippen LogP contribution >= 0.6 is 0 Å². The highest BCUT2D eigenvalue weighted by molar-refractivity contribution is 5.76. The van der Waals surface area contributed by atoms with E-state index in [2.05, 4.69) is 59.4 Å². The van der Waals surface area contributed by atoms with E-state index in [-0.39, 0.29) is 12.0 Å². The zero-order valence-electron chi connectivity index (χ0n) is 19.8. The first-order valence-corrected chi connectivity index (χ1v) is 11.5. The highest BCUT2D eigenvalue weighted by atomic mass is 16.5. The second-order valence-corrected chi connectivity index (χ2v) is 8.93. The number of carbonyl (C=O) groups excluding carboxylic acids is 1. The van der Waals surface area contributed by atoms with Gasteiger partial charge in [0.25, 0.3) is 0 Å². The van der Waals surface area contributed by atoms with Crippen molar-refractivity contribution in [2.24, 2.45) is 13.0 Å². The monoisotopic (exact) mass is 448 g/mol. The summed E-state index contributed by atoms with van der Waals surface area (Å²) >= 11 is 0. The van der Waals surface area contributed by atoms with Crippen molar-refractivity contribution in [2.45, 2.75) is 39.7 Å². The van der Waals surface area contributed by atoms with E-state index in [1.54, 1.807) is 17.1 Å². The molecule has 4 rings (SSSR count). The van der Waals surface area contributed by atoms with Crippen LogP contribution in [-0.2, 0) is 23.0 Å². The predicted octanol–water partition coefficient (Wildman–Crippen LogP) is 3.75. The van der Waals surface area contributed by atoms with Gasteiger partial charge in [0, 0.05) is 44.5 Å². The van der Waals surface area contributed by atoms with Crippen LogP contribution in [0.15, 0.2) is 42.9 Å². The maximum atomic E-state index is 12.8. The Morgan fingerprint density at radius 3 is 2.88 bits per heavy atom. The molecule has 0 aliphatic carbocycles. The zero-order chi connectivity index (χ0) is 23.4. The van der Waals surface area contributed by atoms with E-state index < -0.39 is 0 Å². The van der Waals surface area contributed by atoms with Crippen LogP contribution in [0.2, 0.25) is 0 Å². The van der Waals surface area contributed by atoms with Crippen LogP contribution in [0.3, 0.4) is 0 Å². The Kier molecular flexibility index (Phi) is 7.03. The molecule has 0 radical (unpaired) electrons. The minimum Gasteiger partial charge on any atom is -0.374 e. The first-order valence-electron chi connectivity index (χ1n) is 11.5. The summed E-state index contributed by atoms with van der Waals surface area (Å²) in [4.78, 5) is 23.7. The Bertz CT molecular complexity index is 1110. The number of aryl methyl sites for hydroxylation is 3. The van der Waals surface area contributed by atoms with Gasteiger partial charge in [0.2, 0.25) is 11.9 Å². The van der Waals surface area contributed by atoms with E-state index in [0.717, 1.165) is 28.9 Å². The molecule has 8 heteroatoms. The number of ether oxygens (including phenoxy) is 1. The molecule has 1 amide bonds. The number of carbonyl (C=O) groups is 1. The molecule has 1 unspecified atom stereocenters. The SMILES string of the molecule is Cc1cc(-c2ccnc(Nc3cnn(C)c3)n2)ccc1CCC(=O)N1CCOC(C(C)C)C1. The fourth-order valence-corrected chi connectivity index (χ4v) is 4.04. The van der Waals surface area contributed by atoms with E-state index in [0.29, 0.717) is 38.0 Å². The van der Waals surface area contributed by atoms with Gasteiger partial charge in [0.05, 0.1) is 30.3 Å². The lowest BCUT2D eigenvalue weighted by molar-refractivity contribution is -0.140. The first kappa shape index (κ1) is 22.9. The third kappa shape index (κ3) is 5.76. The molecular weight excluding hydrogens is 416 g/mol. The molecule has 33 heavy (non-hydrogen) atoms. The quantitative estimate of drug-likeness (QED) is 0.593. The first-order chi connectivity index (χ1) is 15.9. The van der Waals surface area contributed by atoms with Gasteiger partial charge in [-0.2, -0.15) is 5.10 Å². The molecule has 3 heterocycles. The van der Waals surface area contributed by atoms with Gasteiger partial charge in [-0.1, -0.05) is 26.0 Å². The van der Waals surface area contributed by atoms with Crippen molar-refractivity contribution in [3.8, 4) is 11.3 Å². The summed E-state index contributed by atoms with van der Waals surface area (Å²) in [5, 5.41) is 7.33. The Morgan fingerprint density at radius 2 is 2.15 bits per heavy atom. The maximum Gasteiger partial charge on any atom is 0.227 e. The Balaban J connectivity index is 1.39. The van der Waals surface area contributed by atoms with Gasteiger partial charge < -0.3 is 15.0 Å². The van der Waals surface area contributed by atoms with Crippen molar-refractivity contribution in [2.75, 3.05) is 25.0 Å². The van der Waals surface area contributed by atoms with Crippen LogP contribution in [0.25, 0.3) is 11.3 Å². The number of anilines is 2. The van der Waals surface area contributed by atoms with Gasteiger partial charge in [-0.05, 0) is 42.5 Å². The predicted molar refractivity (Wildman–Crippen MR) is 128 cm³/mol. The molecule has 1 atom stereocenters. The fourth-order valence-electron chi connectivity index (χ4n) is 4.04. The van der Waals surface area contributed by atoms with Crippen LogP contribution in [0.1, 0.15) is 31.4 Å². The number of nitrogens with zero attached hydrogens (tertiary/aromatic N) is 5. The van der Waals surface area contributed by atoms with Crippen molar-refractivity contribution in [1.82, 2.24) is 24.6 Å². The van der Waals surface area contributed by atoms with Crippen molar-refractivity contribution in [3.63, 3.8) is 0 Å². The number of morpholine rings is 1. The molecule has 174 valence electrons. The Hall–Kier alpha value is -3.26. The fraction of sp³-hybridized carbons (Fsp3) is 0.440. The standard InChI is InChI=1S/C25H32N6O2/c1-17(2)23-16-31(11-12-33-23)24(32)8-7-19-5-6-20(13-18(19)3)22-9-10-26-25(29-22)28-21-14-27-30(4)15-21/h5-6,9-10,13-15,17,23H,7-8,11-12,16H2,1-4H3,(H,26,28,29). The minimum atomic E-state index is 0.133.